The minimum atomic E-state index is -0.208. The highest BCUT2D eigenvalue weighted by Gasteiger charge is 2.20. The monoisotopic (exact) mass is 424 g/mol. The minimum absolute atomic E-state index is 0.191. The van der Waals surface area contributed by atoms with Gasteiger partial charge >= 0.3 is 0 Å². The summed E-state index contributed by atoms with van der Waals surface area (Å²) < 4.78 is 7.06. The topological polar surface area (TPSA) is 123 Å². The predicted octanol–water partition coefficient (Wildman–Crippen LogP) is 3.70. The molecule has 0 radical (unpaired) electrons. The predicted molar refractivity (Wildman–Crippen MR) is 122 cm³/mol. The number of ether oxygens (including phenoxy) is 1. The van der Waals surface area contributed by atoms with Crippen molar-refractivity contribution in [2.75, 3.05) is 32.1 Å². The second-order valence-corrected chi connectivity index (χ2v) is 7.08. The summed E-state index contributed by atoms with van der Waals surface area (Å²) in [6, 6.07) is 8.70. The second kappa shape index (κ2) is 10.5. The molecule has 3 aromatic rings. The summed E-state index contributed by atoms with van der Waals surface area (Å²) in [5.41, 5.74) is 8.03. The van der Waals surface area contributed by atoms with Crippen molar-refractivity contribution < 1.29 is 9.53 Å². The number of hydrogen-bond acceptors (Lipinski definition) is 7. The van der Waals surface area contributed by atoms with Crippen LogP contribution in [-0.4, -0.2) is 42.0 Å². The average Bonchev–Trinajstić information content (AvgIpc) is 3.17. The molecule has 3 rings (SSSR count). The molecule has 0 bridgehead atoms. The first-order valence-corrected chi connectivity index (χ1v) is 10.4. The van der Waals surface area contributed by atoms with Crippen molar-refractivity contribution in [2.45, 2.75) is 26.2 Å². The standard InChI is InChI=1S/C22H28N6O3/c1-3-4-11-24-21-19(15-8-9-18(31-2)17(14-15)27-30)26-20-16(7-5-13-28(20)21)22(29)25-12-6-10-23/h5,7-9,13-14,24H,3-4,6,10-12,23H2,1-2H3,(H,25,29). The summed E-state index contributed by atoms with van der Waals surface area (Å²) in [4.78, 5) is 28.8. The lowest BCUT2D eigenvalue weighted by Crippen LogP contribution is -2.26. The minimum Gasteiger partial charge on any atom is -0.494 e. The number of aromatic nitrogens is 2. The molecular formula is C22H28N6O3. The molecule has 164 valence electrons. The van der Waals surface area contributed by atoms with Crippen molar-refractivity contribution in [1.82, 2.24) is 14.7 Å². The van der Waals surface area contributed by atoms with E-state index >= 15 is 0 Å². The summed E-state index contributed by atoms with van der Waals surface area (Å²) in [7, 11) is 1.49. The Hall–Kier alpha value is -3.46. The lowest BCUT2D eigenvalue weighted by atomic mass is 10.1. The number of nitrogens with two attached hydrogens (primary N) is 1. The highest BCUT2D eigenvalue weighted by Crippen LogP contribution is 2.36. The number of nitroso groups, excluding NO2 is 1. The molecule has 2 aromatic heterocycles. The van der Waals surface area contributed by atoms with Gasteiger partial charge in [0.15, 0.2) is 11.3 Å². The van der Waals surface area contributed by atoms with Crippen LogP contribution in [0.15, 0.2) is 41.7 Å². The molecule has 31 heavy (non-hydrogen) atoms. The van der Waals surface area contributed by atoms with Gasteiger partial charge in [0.2, 0.25) is 0 Å². The quantitative estimate of drug-likeness (QED) is 0.319. The van der Waals surface area contributed by atoms with Gasteiger partial charge in [-0.2, -0.15) is 0 Å². The Bertz CT molecular complexity index is 1060. The van der Waals surface area contributed by atoms with E-state index in [0.717, 1.165) is 25.2 Å². The fourth-order valence-electron chi connectivity index (χ4n) is 3.31. The van der Waals surface area contributed by atoms with Crippen molar-refractivity contribution >= 4 is 23.1 Å². The maximum absolute atomic E-state index is 12.7. The van der Waals surface area contributed by atoms with E-state index in [0.29, 0.717) is 47.7 Å². The Labute approximate surface area is 181 Å². The van der Waals surface area contributed by atoms with E-state index in [1.165, 1.54) is 7.11 Å². The molecule has 0 saturated carbocycles. The van der Waals surface area contributed by atoms with Crippen LogP contribution in [0.1, 0.15) is 36.5 Å². The summed E-state index contributed by atoms with van der Waals surface area (Å²) in [6.45, 7) is 3.87. The van der Waals surface area contributed by atoms with Gasteiger partial charge in [0.1, 0.15) is 17.3 Å². The molecule has 1 amide bonds. The van der Waals surface area contributed by atoms with E-state index in [2.05, 4.69) is 22.7 Å². The fraction of sp³-hybridized carbons (Fsp3) is 0.364. The van der Waals surface area contributed by atoms with E-state index in [-0.39, 0.29) is 11.6 Å². The number of amides is 1. The first-order chi connectivity index (χ1) is 15.1. The molecular weight excluding hydrogens is 396 g/mol. The number of anilines is 1. The smallest absolute Gasteiger partial charge is 0.255 e. The van der Waals surface area contributed by atoms with Crippen molar-refractivity contribution in [2.24, 2.45) is 10.9 Å². The molecule has 9 heteroatoms. The molecule has 0 unspecified atom stereocenters. The SMILES string of the molecule is CCCCNc1c(-c2ccc(OC)c(N=O)c2)nc2c(C(=O)NCCCN)cccn12. The number of carbonyl (C=O) groups is 1. The van der Waals surface area contributed by atoms with Crippen LogP contribution in [0.4, 0.5) is 11.5 Å². The molecule has 0 atom stereocenters. The van der Waals surface area contributed by atoms with Crippen LogP contribution in [-0.2, 0) is 0 Å². The Balaban J connectivity index is 2.11. The van der Waals surface area contributed by atoms with Crippen LogP contribution in [0.2, 0.25) is 0 Å². The summed E-state index contributed by atoms with van der Waals surface area (Å²) in [5, 5.41) is 9.38. The Morgan fingerprint density at radius 2 is 2.10 bits per heavy atom. The number of hydrogen-bond donors (Lipinski definition) is 3. The number of pyridine rings is 1. The van der Waals surface area contributed by atoms with Gasteiger partial charge in [0.25, 0.3) is 5.91 Å². The van der Waals surface area contributed by atoms with Gasteiger partial charge in [0, 0.05) is 24.8 Å². The van der Waals surface area contributed by atoms with Crippen LogP contribution < -0.4 is 21.1 Å². The summed E-state index contributed by atoms with van der Waals surface area (Å²) in [6.07, 6.45) is 4.58. The van der Waals surface area contributed by atoms with Crippen molar-refractivity contribution in [1.29, 1.82) is 0 Å². The zero-order valence-electron chi connectivity index (χ0n) is 17.9. The first-order valence-electron chi connectivity index (χ1n) is 10.4. The first kappa shape index (κ1) is 22.2. The van der Waals surface area contributed by atoms with Crippen molar-refractivity contribution in [3.05, 3.63) is 47.0 Å². The Morgan fingerprint density at radius 3 is 2.81 bits per heavy atom. The van der Waals surface area contributed by atoms with Gasteiger partial charge in [-0.1, -0.05) is 13.3 Å². The third kappa shape index (κ3) is 4.83. The van der Waals surface area contributed by atoms with Crippen LogP contribution in [0, 0.1) is 4.91 Å². The molecule has 0 aliphatic rings. The van der Waals surface area contributed by atoms with E-state index in [1.54, 1.807) is 18.2 Å². The summed E-state index contributed by atoms with van der Waals surface area (Å²) >= 11 is 0. The number of methoxy groups -OCH3 is 1. The molecule has 0 saturated heterocycles. The van der Waals surface area contributed by atoms with E-state index in [4.69, 9.17) is 15.5 Å². The molecule has 4 N–H and O–H groups in total. The number of carbonyl (C=O) groups excluding carboxylic acids is 1. The third-order valence-electron chi connectivity index (χ3n) is 4.93. The van der Waals surface area contributed by atoms with E-state index in [9.17, 15) is 9.70 Å². The van der Waals surface area contributed by atoms with Crippen LogP contribution in [0.25, 0.3) is 16.9 Å². The van der Waals surface area contributed by atoms with Crippen molar-refractivity contribution in [3.63, 3.8) is 0 Å². The van der Waals surface area contributed by atoms with Crippen LogP contribution in [0.3, 0.4) is 0 Å². The van der Waals surface area contributed by atoms with Gasteiger partial charge in [0.05, 0.1) is 12.7 Å². The zero-order chi connectivity index (χ0) is 22.2. The summed E-state index contributed by atoms with van der Waals surface area (Å²) in [5.74, 6) is 0.936. The highest BCUT2D eigenvalue weighted by molar-refractivity contribution is 6.01. The molecule has 1 aromatic carbocycles. The third-order valence-corrected chi connectivity index (χ3v) is 4.93. The van der Waals surface area contributed by atoms with Crippen molar-refractivity contribution in [3.8, 4) is 17.0 Å². The number of unbranched alkanes of at least 4 members (excludes halogenated alkanes) is 1. The maximum atomic E-state index is 12.7. The van der Waals surface area contributed by atoms with Gasteiger partial charge < -0.3 is 21.1 Å². The Morgan fingerprint density at radius 1 is 1.26 bits per heavy atom. The van der Waals surface area contributed by atoms with Gasteiger partial charge in [-0.3, -0.25) is 9.20 Å². The molecule has 0 fully saturated rings. The van der Waals surface area contributed by atoms with E-state index < -0.39 is 0 Å². The highest BCUT2D eigenvalue weighted by atomic mass is 16.5. The van der Waals surface area contributed by atoms with E-state index in [1.807, 2.05) is 22.7 Å². The number of rotatable bonds is 11. The van der Waals surface area contributed by atoms with Gasteiger partial charge in [-0.25, -0.2) is 4.98 Å². The largest absolute Gasteiger partial charge is 0.494 e. The average molecular weight is 425 g/mol. The Kier molecular flexibility index (Phi) is 7.55. The number of nitrogens with zero attached hydrogens (tertiary/aromatic N) is 3. The number of nitrogens with one attached hydrogen (secondary N) is 2. The zero-order valence-corrected chi connectivity index (χ0v) is 17.9. The van der Waals surface area contributed by atoms with Crippen LogP contribution in [0.5, 0.6) is 5.75 Å². The van der Waals surface area contributed by atoms with Gasteiger partial charge in [-0.05, 0) is 54.9 Å². The molecule has 0 aliphatic heterocycles. The fourth-order valence-corrected chi connectivity index (χ4v) is 3.31. The van der Waals surface area contributed by atoms with Gasteiger partial charge in [-0.15, -0.1) is 4.91 Å². The number of benzene rings is 1. The normalized spacial score (nSPS) is 10.8. The lowest BCUT2D eigenvalue weighted by Gasteiger charge is -2.10. The second-order valence-electron chi connectivity index (χ2n) is 7.08. The molecule has 0 spiro atoms. The number of fused-ring (bicyclic) bond motifs is 1. The number of imidazole rings is 1. The molecule has 2 heterocycles. The lowest BCUT2D eigenvalue weighted by molar-refractivity contribution is 0.0954. The van der Waals surface area contributed by atoms with Crippen LogP contribution >= 0.6 is 0 Å². The molecule has 0 aliphatic carbocycles. The maximum Gasteiger partial charge on any atom is 0.255 e. The molecule has 9 nitrogen and oxygen atoms in total.